The number of piperazine rings is 1. The van der Waals surface area contributed by atoms with Gasteiger partial charge in [-0.05, 0) is 17.7 Å². The van der Waals surface area contributed by atoms with E-state index in [-0.39, 0.29) is 31.7 Å². The molecule has 4 rings (SSSR count). The third kappa shape index (κ3) is 4.77. The predicted molar refractivity (Wildman–Crippen MR) is 123 cm³/mol. The molecule has 10 heteroatoms. The van der Waals surface area contributed by atoms with Crippen molar-refractivity contribution < 1.29 is 28.2 Å². The lowest BCUT2D eigenvalue weighted by Crippen LogP contribution is -2.50. The van der Waals surface area contributed by atoms with Gasteiger partial charge in [-0.15, -0.1) is 0 Å². The third-order valence-corrected chi connectivity index (χ3v) is 7.29. The summed E-state index contributed by atoms with van der Waals surface area (Å²) in [6, 6.07) is 13.3. The molecule has 0 aliphatic carbocycles. The second kappa shape index (κ2) is 8.97. The molecule has 3 aromatic rings. The molecule has 174 valence electrons. The number of sulfonamides is 1. The van der Waals surface area contributed by atoms with Crippen molar-refractivity contribution in [1.29, 1.82) is 0 Å². The number of carboxylic acid groups (broad SMARTS) is 2. The summed E-state index contributed by atoms with van der Waals surface area (Å²) in [4.78, 5) is 25.7. The largest absolute Gasteiger partial charge is 0.480 e. The van der Waals surface area contributed by atoms with Gasteiger partial charge >= 0.3 is 11.9 Å². The zero-order valence-corrected chi connectivity index (χ0v) is 18.9. The van der Waals surface area contributed by atoms with E-state index in [0.717, 1.165) is 11.8 Å². The van der Waals surface area contributed by atoms with E-state index in [2.05, 4.69) is 0 Å². The predicted octanol–water partition coefficient (Wildman–Crippen LogP) is 2.09. The van der Waals surface area contributed by atoms with Crippen molar-refractivity contribution in [2.75, 3.05) is 32.4 Å². The number of nitrogens with zero attached hydrogens (tertiary/aromatic N) is 3. The smallest absolute Gasteiger partial charge is 0.335 e. The van der Waals surface area contributed by atoms with Crippen molar-refractivity contribution in [2.45, 2.75) is 12.6 Å². The van der Waals surface area contributed by atoms with Gasteiger partial charge in [-0.1, -0.05) is 36.4 Å². The number of benzene rings is 2. The average molecular weight is 472 g/mol. The number of fused-ring (bicyclic) bond motifs is 1. The molecule has 0 amide bonds. The maximum Gasteiger partial charge on any atom is 0.335 e. The molecule has 0 spiro atoms. The normalized spacial score (nSPS) is 16.6. The molecule has 1 aliphatic heterocycles. The van der Waals surface area contributed by atoms with Crippen molar-refractivity contribution in [2.24, 2.45) is 0 Å². The topological polar surface area (TPSA) is 120 Å². The lowest BCUT2D eigenvalue weighted by molar-refractivity contribution is -0.144. The van der Waals surface area contributed by atoms with Gasteiger partial charge in [0.2, 0.25) is 10.0 Å². The summed E-state index contributed by atoms with van der Waals surface area (Å²) in [5.74, 6) is -2.10. The average Bonchev–Trinajstić information content (AvgIpc) is 3.11. The van der Waals surface area contributed by atoms with Crippen LogP contribution in [0.1, 0.15) is 27.5 Å². The summed E-state index contributed by atoms with van der Waals surface area (Å²) >= 11 is 0. The first-order valence-corrected chi connectivity index (χ1v) is 12.3. The van der Waals surface area contributed by atoms with Crippen molar-refractivity contribution in [3.8, 4) is 0 Å². The first-order valence-electron chi connectivity index (χ1n) is 10.5. The second-order valence-electron chi connectivity index (χ2n) is 8.17. The molecule has 2 N–H and O–H groups in total. The molecular formula is C23H25N3O6S. The Kier molecular flexibility index (Phi) is 6.24. The van der Waals surface area contributed by atoms with E-state index in [9.17, 15) is 28.2 Å². The fourth-order valence-corrected chi connectivity index (χ4v) is 5.19. The van der Waals surface area contributed by atoms with E-state index in [1.54, 1.807) is 23.2 Å². The van der Waals surface area contributed by atoms with Crippen molar-refractivity contribution in [3.63, 3.8) is 0 Å². The van der Waals surface area contributed by atoms with Gasteiger partial charge in [0.05, 0.1) is 11.8 Å². The SMILES string of the molecule is CS(=O)(=O)N1CCN([C@@H](C(=O)O)c2cn(Cc3ccccc3)c3cc(C(=O)O)ccc23)CC1. The minimum absolute atomic E-state index is 0.120. The second-order valence-corrected chi connectivity index (χ2v) is 10.2. The van der Waals surface area contributed by atoms with Crippen LogP contribution in [0.15, 0.2) is 54.7 Å². The number of aliphatic carboxylic acids is 1. The maximum atomic E-state index is 12.4. The minimum Gasteiger partial charge on any atom is -0.480 e. The molecule has 1 aliphatic rings. The van der Waals surface area contributed by atoms with E-state index in [4.69, 9.17) is 0 Å². The van der Waals surface area contributed by atoms with Crippen LogP contribution in [0, 0.1) is 0 Å². The number of hydrogen-bond acceptors (Lipinski definition) is 5. The first kappa shape index (κ1) is 23.0. The standard InChI is InChI=1S/C23H25N3O6S/c1-33(31,32)26-11-9-24(10-12-26)21(23(29)30)19-15-25(14-16-5-3-2-4-6-16)20-13-17(22(27)28)7-8-18(19)20/h2-8,13,15,21H,9-12,14H2,1H3,(H,27,28)(H,29,30)/t21-/m1/s1. The first-order chi connectivity index (χ1) is 15.6. The summed E-state index contributed by atoms with van der Waals surface area (Å²) in [5.41, 5.74) is 2.30. The van der Waals surface area contributed by atoms with Gasteiger partial charge < -0.3 is 14.8 Å². The van der Waals surface area contributed by atoms with Crippen LogP contribution >= 0.6 is 0 Å². The number of hydrogen-bond donors (Lipinski definition) is 2. The van der Waals surface area contributed by atoms with Gasteiger partial charge in [0.25, 0.3) is 0 Å². The molecule has 9 nitrogen and oxygen atoms in total. The summed E-state index contributed by atoms with van der Waals surface area (Å²) in [5, 5.41) is 20.2. The zero-order valence-electron chi connectivity index (χ0n) is 18.1. The van der Waals surface area contributed by atoms with Gasteiger partial charge in [-0.2, -0.15) is 4.31 Å². The van der Waals surface area contributed by atoms with Gasteiger partial charge in [0.15, 0.2) is 0 Å². The van der Waals surface area contributed by atoms with Gasteiger partial charge in [0.1, 0.15) is 6.04 Å². The van der Waals surface area contributed by atoms with E-state index < -0.39 is 28.0 Å². The van der Waals surface area contributed by atoms with Crippen LogP contribution in [-0.4, -0.2) is 76.8 Å². The lowest BCUT2D eigenvalue weighted by atomic mass is 10.0. The highest BCUT2D eigenvalue weighted by Crippen LogP contribution is 2.32. The van der Waals surface area contributed by atoms with Crippen LogP contribution in [0.25, 0.3) is 10.9 Å². The maximum absolute atomic E-state index is 12.4. The Hall–Kier alpha value is -3.21. The summed E-state index contributed by atoms with van der Waals surface area (Å²) in [7, 11) is -3.34. The number of aromatic nitrogens is 1. The molecular weight excluding hydrogens is 446 g/mol. The molecule has 1 aromatic heterocycles. The van der Waals surface area contributed by atoms with E-state index in [1.807, 2.05) is 34.9 Å². The van der Waals surface area contributed by atoms with E-state index in [1.165, 1.54) is 10.4 Å². The van der Waals surface area contributed by atoms with Crippen molar-refractivity contribution >= 4 is 32.9 Å². The molecule has 0 bridgehead atoms. The highest BCUT2D eigenvalue weighted by Gasteiger charge is 2.34. The van der Waals surface area contributed by atoms with E-state index >= 15 is 0 Å². The molecule has 2 aromatic carbocycles. The molecule has 0 saturated carbocycles. The quantitative estimate of drug-likeness (QED) is 0.541. The number of aromatic carboxylic acids is 1. The fraction of sp³-hybridized carbons (Fsp3) is 0.304. The summed E-state index contributed by atoms with van der Waals surface area (Å²) in [6.45, 7) is 1.45. The van der Waals surface area contributed by atoms with Crippen LogP contribution < -0.4 is 0 Å². The van der Waals surface area contributed by atoms with Gasteiger partial charge in [-0.3, -0.25) is 9.69 Å². The monoisotopic (exact) mass is 471 g/mol. The zero-order chi connectivity index (χ0) is 23.8. The molecule has 2 heterocycles. The molecule has 1 saturated heterocycles. The highest BCUT2D eigenvalue weighted by molar-refractivity contribution is 7.88. The Balaban J connectivity index is 1.76. The Morgan fingerprint density at radius 3 is 2.24 bits per heavy atom. The third-order valence-electron chi connectivity index (χ3n) is 5.99. The summed E-state index contributed by atoms with van der Waals surface area (Å²) < 4.78 is 26.9. The van der Waals surface area contributed by atoms with Gasteiger partial charge in [-0.25, -0.2) is 13.2 Å². The van der Waals surface area contributed by atoms with Crippen LogP contribution in [0.2, 0.25) is 0 Å². The molecule has 1 atom stereocenters. The number of rotatable bonds is 7. The summed E-state index contributed by atoms with van der Waals surface area (Å²) in [6.07, 6.45) is 2.92. The van der Waals surface area contributed by atoms with Crippen molar-refractivity contribution in [1.82, 2.24) is 13.8 Å². The fourth-order valence-electron chi connectivity index (χ4n) is 4.36. The number of carboxylic acids is 2. The van der Waals surface area contributed by atoms with Gasteiger partial charge in [0, 0.05) is 55.4 Å². The molecule has 33 heavy (non-hydrogen) atoms. The van der Waals surface area contributed by atoms with Crippen molar-refractivity contribution in [3.05, 3.63) is 71.4 Å². The molecule has 0 radical (unpaired) electrons. The molecule has 1 fully saturated rings. The Morgan fingerprint density at radius 1 is 1.00 bits per heavy atom. The highest BCUT2D eigenvalue weighted by atomic mass is 32.2. The number of carbonyl (C=O) groups is 2. The Bertz CT molecular complexity index is 1290. The van der Waals surface area contributed by atoms with Crippen LogP contribution in [0.3, 0.4) is 0 Å². The molecule has 0 unspecified atom stereocenters. The lowest BCUT2D eigenvalue weighted by Gasteiger charge is -2.36. The van der Waals surface area contributed by atoms with E-state index in [0.29, 0.717) is 23.0 Å². The van der Waals surface area contributed by atoms with Crippen LogP contribution in [0.4, 0.5) is 0 Å². The Labute approximate surface area is 191 Å². The Morgan fingerprint density at radius 2 is 1.67 bits per heavy atom. The minimum atomic E-state index is -3.34. The van der Waals surface area contributed by atoms with Crippen LogP contribution in [0.5, 0.6) is 0 Å². The van der Waals surface area contributed by atoms with Crippen LogP contribution in [-0.2, 0) is 21.4 Å².